The summed E-state index contributed by atoms with van der Waals surface area (Å²) in [6.45, 7) is 8.50. The molecule has 0 radical (unpaired) electrons. The molecule has 0 atom stereocenters. The second-order valence-electron chi connectivity index (χ2n) is 5.75. The number of benzene rings is 2. The minimum atomic E-state index is -0.276. The van der Waals surface area contributed by atoms with Gasteiger partial charge in [-0.05, 0) is 65.9 Å². The molecule has 0 bridgehead atoms. The van der Waals surface area contributed by atoms with E-state index in [2.05, 4.69) is 19.2 Å². The largest absolute Gasteiger partial charge is 0.310 e. The maximum Gasteiger partial charge on any atom is 0.123 e. The second kappa shape index (κ2) is 6.35. The summed E-state index contributed by atoms with van der Waals surface area (Å²) in [5, 5.41) is 3.35. The molecule has 0 saturated carbocycles. The van der Waals surface area contributed by atoms with Crippen molar-refractivity contribution in [3.8, 4) is 11.1 Å². The Morgan fingerprint density at radius 3 is 2.14 bits per heavy atom. The van der Waals surface area contributed by atoms with Crippen LogP contribution in [0.25, 0.3) is 11.1 Å². The van der Waals surface area contributed by atoms with Gasteiger partial charge in [-0.1, -0.05) is 19.9 Å². The smallest absolute Gasteiger partial charge is 0.123 e. The van der Waals surface area contributed by atoms with Gasteiger partial charge in [-0.3, -0.25) is 0 Å². The van der Waals surface area contributed by atoms with Crippen LogP contribution in [0.4, 0.5) is 8.78 Å². The molecule has 0 aliphatic carbocycles. The summed E-state index contributed by atoms with van der Waals surface area (Å²) >= 11 is 0. The van der Waals surface area contributed by atoms with Crippen LogP contribution >= 0.6 is 0 Å². The van der Waals surface area contributed by atoms with Gasteiger partial charge in [-0.2, -0.15) is 0 Å². The molecular formula is C18H21F2N. The fourth-order valence-electron chi connectivity index (χ4n) is 2.59. The van der Waals surface area contributed by atoms with Crippen LogP contribution in [-0.4, -0.2) is 6.04 Å². The minimum absolute atomic E-state index is 0.257. The summed E-state index contributed by atoms with van der Waals surface area (Å²) in [6, 6.07) is 8.13. The first-order valence-electron chi connectivity index (χ1n) is 7.17. The van der Waals surface area contributed by atoms with Gasteiger partial charge in [-0.25, -0.2) is 8.78 Å². The highest BCUT2D eigenvalue weighted by molar-refractivity contribution is 5.73. The zero-order chi connectivity index (χ0) is 15.6. The third-order valence-electron chi connectivity index (χ3n) is 3.54. The van der Waals surface area contributed by atoms with Gasteiger partial charge in [0.05, 0.1) is 0 Å². The molecule has 2 aromatic rings. The first kappa shape index (κ1) is 15.6. The van der Waals surface area contributed by atoms with Gasteiger partial charge in [0, 0.05) is 12.6 Å². The summed E-state index contributed by atoms with van der Waals surface area (Å²) in [4.78, 5) is 0. The topological polar surface area (TPSA) is 12.0 Å². The van der Waals surface area contributed by atoms with Crippen LogP contribution in [-0.2, 0) is 6.54 Å². The fourth-order valence-corrected chi connectivity index (χ4v) is 2.59. The lowest BCUT2D eigenvalue weighted by Crippen LogP contribution is -2.22. The van der Waals surface area contributed by atoms with Crippen molar-refractivity contribution in [1.29, 1.82) is 0 Å². The summed E-state index contributed by atoms with van der Waals surface area (Å²) in [5.41, 5.74) is 4.41. The molecule has 0 fully saturated rings. The van der Waals surface area contributed by atoms with E-state index in [1.807, 2.05) is 13.8 Å². The van der Waals surface area contributed by atoms with E-state index < -0.39 is 0 Å². The Morgan fingerprint density at radius 1 is 0.952 bits per heavy atom. The van der Waals surface area contributed by atoms with Crippen LogP contribution in [0, 0.1) is 25.5 Å². The van der Waals surface area contributed by atoms with E-state index in [0.29, 0.717) is 12.6 Å². The number of aryl methyl sites for hydroxylation is 2. The van der Waals surface area contributed by atoms with Crippen LogP contribution in [0.3, 0.4) is 0 Å². The van der Waals surface area contributed by atoms with E-state index in [9.17, 15) is 8.78 Å². The molecule has 0 aromatic heterocycles. The molecule has 112 valence electrons. The van der Waals surface area contributed by atoms with Gasteiger partial charge >= 0.3 is 0 Å². The first-order valence-corrected chi connectivity index (χ1v) is 7.17. The normalized spacial score (nSPS) is 11.2. The van der Waals surface area contributed by atoms with Crippen molar-refractivity contribution in [2.75, 3.05) is 0 Å². The summed E-state index contributed by atoms with van der Waals surface area (Å²) in [7, 11) is 0. The van der Waals surface area contributed by atoms with E-state index in [1.165, 1.54) is 24.3 Å². The Morgan fingerprint density at radius 2 is 1.57 bits per heavy atom. The zero-order valence-corrected chi connectivity index (χ0v) is 12.9. The Kier molecular flexibility index (Phi) is 4.73. The van der Waals surface area contributed by atoms with Crippen molar-refractivity contribution in [2.45, 2.75) is 40.3 Å². The minimum Gasteiger partial charge on any atom is -0.310 e. The number of rotatable bonds is 4. The van der Waals surface area contributed by atoms with Crippen molar-refractivity contribution >= 4 is 0 Å². The monoisotopic (exact) mass is 289 g/mol. The molecular weight excluding hydrogens is 268 g/mol. The Balaban J connectivity index is 2.54. The quantitative estimate of drug-likeness (QED) is 0.856. The standard InChI is InChI=1S/C18H21F2N/c1-11(2)21-10-14-5-6-15(19)9-17(14)18-12(3)7-16(20)8-13(18)4/h5-9,11,21H,10H2,1-4H3. The lowest BCUT2D eigenvalue weighted by molar-refractivity contribution is 0.587. The van der Waals surface area contributed by atoms with E-state index in [4.69, 9.17) is 0 Å². The fraction of sp³-hybridized carbons (Fsp3) is 0.333. The molecule has 2 aromatic carbocycles. The highest BCUT2D eigenvalue weighted by Crippen LogP contribution is 2.31. The molecule has 0 spiro atoms. The molecule has 0 aliphatic heterocycles. The van der Waals surface area contributed by atoms with E-state index in [0.717, 1.165) is 27.8 Å². The lowest BCUT2D eigenvalue weighted by atomic mass is 9.92. The van der Waals surface area contributed by atoms with E-state index >= 15 is 0 Å². The maximum atomic E-state index is 13.7. The molecule has 1 nitrogen and oxygen atoms in total. The van der Waals surface area contributed by atoms with Crippen LogP contribution in [0.2, 0.25) is 0 Å². The molecule has 2 rings (SSSR count). The van der Waals surface area contributed by atoms with Crippen LogP contribution < -0.4 is 5.32 Å². The SMILES string of the molecule is Cc1cc(F)cc(C)c1-c1cc(F)ccc1CNC(C)C. The number of hydrogen-bond donors (Lipinski definition) is 1. The molecule has 0 amide bonds. The molecule has 0 saturated heterocycles. The van der Waals surface area contributed by atoms with Crippen molar-refractivity contribution in [3.05, 3.63) is 58.7 Å². The predicted octanol–water partition coefficient (Wildman–Crippen LogP) is 4.75. The van der Waals surface area contributed by atoms with Crippen molar-refractivity contribution in [2.24, 2.45) is 0 Å². The summed E-state index contributed by atoms with van der Waals surface area (Å²) in [5.74, 6) is -0.534. The van der Waals surface area contributed by atoms with Crippen LogP contribution in [0.15, 0.2) is 30.3 Å². The number of halogens is 2. The average Bonchev–Trinajstić information content (AvgIpc) is 2.36. The summed E-state index contributed by atoms with van der Waals surface area (Å²) < 4.78 is 27.2. The molecule has 3 heteroatoms. The molecule has 0 heterocycles. The average molecular weight is 289 g/mol. The molecule has 0 unspecified atom stereocenters. The Labute approximate surface area is 125 Å². The molecule has 1 N–H and O–H groups in total. The first-order chi connectivity index (χ1) is 9.88. The number of nitrogens with one attached hydrogen (secondary N) is 1. The van der Waals surface area contributed by atoms with E-state index in [1.54, 1.807) is 6.07 Å². The van der Waals surface area contributed by atoms with Crippen LogP contribution in [0.1, 0.15) is 30.5 Å². The summed E-state index contributed by atoms with van der Waals surface area (Å²) in [6.07, 6.45) is 0. The number of hydrogen-bond acceptors (Lipinski definition) is 1. The van der Waals surface area contributed by atoms with Crippen molar-refractivity contribution < 1.29 is 8.78 Å². The van der Waals surface area contributed by atoms with Gasteiger partial charge in [0.1, 0.15) is 11.6 Å². The van der Waals surface area contributed by atoms with Crippen LogP contribution in [0.5, 0.6) is 0 Å². The van der Waals surface area contributed by atoms with E-state index in [-0.39, 0.29) is 11.6 Å². The predicted molar refractivity (Wildman–Crippen MR) is 83.2 cm³/mol. The van der Waals surface area contributed by atoms with Gasteiger partial charge < -0.3 is 5.32 Å². The zero-order valence-electron chi connectivity index (χ0n) is 12.9. The van der Waals surface area contributed by atoms with Gasteiger partial charge in [0.25, 0.3) is 0 Å². The third kappa shape index (κ3) is 3.67. The van der Waals surface area contributed by atoms with Crippen molar-refractivity contribution in [3.63, 3.8) is 0 Å². The lowest BCUT2D eigenvalue weighted by Gasteiger charge is -2.17. The maximum absolute atomic E-state index is 13.7. The van der Waals surface area contributed by atoms with Gasteiger partial charge in [-0.15, -0.1) is 0 Å². The Bertz CT molecular complexity index is 625. The Hall–Kier alpha value is -1.74. The molecule has 21 heavy (non-hydrogen) atoms. The van der Waals surface area contributed by atoms with Gasteiger partial charge in [0.2, 0.25) is 0 Å². The highest BCUT2D eigenvalue weighted by Gasteiger charge is 2.13. The highest BCUT2D eigenvalue weighted by atomic mass is 19.1. The third-order valence-corrected chi connectivity index (χ3v) is 3.54. The van der Waals surface area contributed by atoms with Crippen molar-refractivity contribution in [1.82, 2.24) is 5.32 Å². The molecule has 0 aliphatic rings. The second-order valence-corrected chi connectivity index (χ2v) is 5.75. The van der Waals surface area contributed by atoms with Gasteiger partial charge in [0.15, 0.2) is 0 Å².